The molecule has 1 unspecified atom stereocenters. The Morgan fingerprint density at radius 3 is 2.38 bits per heavy atom. The monoisotopic (exact) mass is 640 g/mol. The molecule has 0 radical (unpaired) electrons. The second kappa shape index (κ2) is 12.8. The van der Waals surface area contributed by atoms with Crippen LogP contribution in [0.1, 0.15) is 22.6 Å². The highest BCUT2D eigenvalue weighted by molar-refractivity contribution is 6.35. The van der Waals surface area contributed by atoms with Gasteiger partial charge in [0.1, 0.15) is 41.2 Å². The van der Waals surface area contributed by atoms with E-state index in [0.29, 0.717) is 37.9 Å². The smallest absolute Gasteiger partial charge is 0.349 e. The number of halogens is 4. The zero-order chi connectivity index (χ0) is 29.8. The summed E-state index contributed by atoms with van der Waals surface area (Å²) in [5.41, 5.74) is 8.56. The molecule has 0 aromatic heterocycles. The van der Waals surface area contributed by atoms with E-state index < -0.39 is 18.5 Å². The number of allylic oxidation sites excluding steroid dienone is 1. The molecule has 5 rings (SSSR count). The number of fused-ring (bicyclic) bond motifs is 1. The molecule has 0 spiro atoms. The van der Waals surface area contributed by atoms with Gasteiger partial charge >= 0.3 is 5.97 Å². The number of hydrogen-bond donors (Lipinski definition) is 1. The van der Waals surface area contributed by atoms with E-state index in [9.17, 15) is 10.1 Å². The number of nitriles is 1. The van der Waals surface area contributed by atoms with Crippen LogP contribution in [-0.4, -0.2) is 12.6 Å². The number of nitrogens with two attached hydrogens (primary N) is 1. The first-order chi connectivity index (χ1) is 20.2. The van der Waals surface area contributed by atoms with Gasteiger partial charge in [-0.25, -0.2) is 4.79 Å². The molecule has 2 N–H and O–H groups in total. The van der Waals surface area contributed by atoms with Gasteiger partial charge in [-0.15, -0.1) is 0 Å². The maximum absolute atomic E-state index is 12.5. The molecular formula is C31H20Cl4N2O5. The van der Waals surface area contributed by atoms with Crippen molar-refractivity contribution in [2.24, 2.45) is 5.73 Å². The van der Waals surface area contributed by atoms with Crippen molar-refractivity contribution in [2.75, 3.05) is 6.61 Å². The van der Waals surface area contributed by atoms with Gasteiger partial charge in [-0.3, -0.25) is 0 Å². The Hall–Kier alpha value is -4.06. The van der Waals surface area contributed by atoms with E-state index in [-0.39, 0.29) is 28.8 Å². The quantitative estimate of drug-likeness (QED) is 0.153. The van der Waals surface area contributed by atoms with Crippen LogP contribution in [0, 0.1) is 11.3 Å². The first-order valence-electron chi connectivity index (χ1n) is 12.4. The van der Waals surface area contributed by atoms with E-state index in [1.165, 1.54) is 12.1 Å². The summed E-state index contributed by atoms with van der Waals surface area (Å²) in [5, 5.41) is 11.7. The van der Waals surface area contributed by atoms with Crippen LogP contribution >= 0.6 is 46.4 Å². The molecule has 1 atom stereocenters. The number of esters is 1. The van der Waals surface area contributed by atoms with Crippen LogP contribution in [0.4, 0.5) is 0 Å². The summed E-state index contributed by atoms with van der Waals surface area (Å²) in [6.07, 6.45) is 0. The molecule has 1 aliphatic rings. The predicted molar refractivity (Wildman–Crippen MR) is 161 cm³/mol. The van der Waals surface area contributed by atoms with Crippen molar-refractivity contribution in [3.05, 3.63) is 127 Å². The summed E-state index contributed by atoms with van der Waals surface area (Å²) in [4.78, 5) is 12.5. The van der Waals surface area contributed by atoms with Crippen LogP contribution in [0.25, 0.3) is 0 Å². The molecule has 0 saturated carbocycles. The van der Waals surface area contributed by atoms with Crippen molar-refractivity contribution in [1.29, 1.82) is 5.26 Å². The van der Waals surface area contributed by atoms with Crippen molar-refractivity contribution in [3.8, 4) is 29.1 Å². The fourth-order valence-electron chi connectivity index (χ4n) is 4.32. The molecule has 0 bridgehead atoms. The van der Waals surface area contributed by atoms with Crippen molar-refractivity contribution in [3.63, 3.8) is 0 Å². The van der Waals surface area contributed by atoms with E-state index in [4.69, 9.17) is 71.1 Å². The van der Waals surface area contributed by atoms with Gasteiger partial charge in [0.25, 0.3) is 0 Å². The zero-order valence-corrected chi connectivity index (χ0v) is 24.6. The van der Waals surface area contributed by atoms with Crippen LogP contribution in [0.2, 0.25) is 20.1 Å². The number of carbonyl (C=O) groups excluding carboxylic acids is 1. The third-order valence-corrected chi connectivity index (χ3v) is 7.38. The van der Waals surface area contributed by atoms with Gasteiger partial charge in [0.15, 0.2) is 6.61 Å². The normalized spacial score (nSPS) is 13.9. The van der Waals surface area contributed by atoms with E-state index in [1.807, 2.05) is 18.2 Å². The zero-order valence-electron chi connectivity index (χ0n) is 21.6. The third-order valence-electron chi connectivity index (χ3n) is 6.26. The molecule has 0 saturated heterocycles. The Labute approximate surface area is 261 Å². The standard InChI is InChI=1S/C31H20Cl4N2O5/c32-19-5-4-18(25(34)11-19)15-39-21-3-1-2-17(10-21)30-23-8-7-22(13-28(23)42-31(37)24(30)14-36)41-29(38)16-40-27-9-6-20(33)12-26(27)35/h1-13,30H,15-16,37H2. The highest BCUT2D eigenvalue weighted by Crippen LogP contribution is 2.44. The molecule has 4 aromatic rings. The van der Waals surface area contributed by atoms with Crippen molar-refractivity contribution in [2.45, 2.75) is 12.5 Å². The van der Waals surface area contributed by atoms with Crippen LogP contribution in [0.5, 0.6) is 23.0 Å². The van der Waals surface area contributed by atoms with Gasteiger partial charge in [0.05, 0.1) is 10.9 Å². The molecule has 1 heterocycles. The number of nitrogens with zero attached hydrogens (tertiary/aromatic N) is 1. The Morgan fingerprint density at radius 2 is 1.64 bits per heavy atom. The number of hydrogen-bond acceptors (Lipinski definition) is 7. The lowest BCUT2D eigenvalue weighted by Gasteiger charge is -2.27. The molecular weight excluding hydrogens is 622 g/mol. The van der Waals surface area contributed by atoms with Gasteiger partial charge in [0.2, 0.25) is 5.88 Å². The second-order valence-electron chi connectivity index (χ2n) is 9.06. The number of carbonyl (C=O) groups is 1. The van der Waals surface area contributed by atoms with E-state index in [0.717, 1.165) is 11.1 Å². The average Bonchev–Trinajstić information content (AvgIpc) is 2.95. The molecule has 11 heteroatoms. The number of ether oxygens (including phenoxy) is 4. The maximum atomic E-state index is 12.5. The van der Waals surface area contributed by atoms with Gasteiger partial charge in [-0.2, -0.15) is 5.26 Å². The first-order valence-corrected chi connectivity index (χ1v) is 13.9. The van der Waals surface area contributed by atoms with Crippen molar-refractivity contribution >= 4 is 52.4 Å². The van der Waals surface area contributed by atoms with Gasteiger partial charge < -0.3 is 24.7 Å². The molecule has 0 fully saturated rings. The van der Waals surface area contributed by atoms with Crippen LogP contribution in [0.3, 0.4) is 0 Å². The molecule has 0 amide bonds. The lowest BCUT2D eigenvalue weighted by atomic mass is 9.83. The summed E-state index contributed by atoms with van der Waals surface area (Å²) in [7, 11) is 0. The van der Waals surface area contributed by atoms with E-state index >= 15 is 0 Å². The van der Waals surface area contributed by atoms with Gasteiger partial charge in [0, 0.05) is 32.3 Å². The molecule has 4 aromatic carbocycles. The summed E-state index contributed by atoms with van der Waals surface area (Å²) < 4.78 is 22.6. The molecule has 7 nitrogen and oxygen atoms in total. The van der Waals surface area contributed by atoms with Crippen LogP contribution in [-0.2, 0) is 11.4 Å². The minimum Gasteiger partial charge on any atom is -0.489 e. The second-order valence-corrected chi connectivity index (χ2v) is 10.7. The fraction of sp³-hybridized carbons (Fsp3) is 0.0968. The van der Waals surface area contributed by atoms with E-state index in [1.54, 1.807) is 48.5 Å². The van der Waals surface area contributed by atoms with Crippen LogP contribution < -0.4 is 24.7 Å². The van der Waals surface area contributed by atoms with Crippen molar-refractivity contribution in [1.82, 2.24) is 0 Å². The van der Waals surface area contributed by atoms with Gasteiger partial charge in [-0.05, 0) is 54.1 Å². The molecule has 212 valence electrons. The van der Waals surface area contributed by atoms with Gasteiger partial charge in [-0.1, -0.05) is 70.7 Å². The Bertz CT molecular complexity index is 1750. The Balaban J connectivity index is 1.34. The molecule has 1 aliphatic heterocycles. The Morgan fingerprint density at radius 1 is 0.881 bits per heavy atom. The average molecular weight is 642 g/mol. The fourth-order valence-corrected chi connectivity index (χ4v) is 5.24. The lowest BCUT2D eigenvalue weighted by Crippen LogP contribution is -2.21. The third kappa shape index (κ3) is 6.70. The summed E-state index contributed by atoms with van der Waals surface area (Å²) in [6, 6.07) is 24.1. The summed E-state index contributed by atoms with van der Waals surface area (Å²) in [5.74, 6) is 0.115. The highest BCUT2D eigenvalue weighted by atomic mass is 35.5. The largest absolute Gasteiger partial charge is 0.489 e. The maximum Gasteiger partial charge on any atom is 0.349 e. The first kappa shape index (κ1) is 29.4. The summed E-state index contributed by atoms with van der Waals surface area (Å²) >= 11 is 24.2. The minimum atomic E-state index is -0.666. The summed E-state index contributed by atoms with van der Waals surface area (Å²) in [6.45, 7) is -0.174. The van der Waals surface area contributed by atoms with E-state index in [2.05, 4.69) is 6.07 Å². The Kier molecular flexibility index (Phi) is 9.00. The highest BCUT2D eigenvalue weighted by Gasteiger charge is 2.31. The van der Waals surface area contributed by atoms with Crippen molar-refractivity contribution < 1.29 is 23.7 Å². The molecule has 42 heavy (non-hydrogen) atoms. The topological polar surface area (TPSA) is 104 Å². The molecule has 0 aliphatic carbocycles. The number of rotatable bonds is 8. The minimum absolute atomic E-state index is 0.0570. The number of benzene rings is 4. The predicted octanol–water partition coefficient (Wildman–Crippen LogP) is 8.08. The SMILES string of the molecule is N#CC1=C(N)Oc2cc(OC(=O)COc3ccc(Cl)cc3Cl)ccc2C1c1cccc(OCc2ccc(Cl)cc2Cl)c1. The van der Waals surface area contributed by atoms with Crippen LogP contribution in [0.15, 0.2) is 90.3 Å². The lowest BCUT2D eigenvalue weighted by molar-refractivity contribution is -0.136.